The monoisotopic (exact) mass is 313 g/mol. The topological polar surface area (TPSA) is 58.6 Å². The summed E-state index contributed by atoms with van der Waals surface area (Å²) in [6, 6.07) is 17.3. The Bertz CT molecular complexity index is 613. The van der Waals surface area contributed by atoms with Gasteiger partial charge < -0.3 is 15.2 Å². The zero-order valence-corrected chi connectivity index (χ0v) is 13.4. The number of hydrogen-bond donors (Lipinski definition) is 2. The molecule has 0 aliphatic carbocycles. The molecule has 2 rings (SSSR count). The van der Waals surface area contributed by atoms with Crippen LogP contribution < -0.4 is 10.1 Å². The summed E-state index contributed by atoms with van der Waals surface area (Å²) in [4.78, 5) is 12.2. The number of carbonyl (C=O) groups excluding carboxylic acids is 1. The average molecular weight is 313 g/mol. The lowest BCUT2D eigenvalue weighted by Gasteiger charge is -2.18. The molecule has 2 aromatic rings. The van der Waals surface area contributed by atoms with Gasteiger partial charge in [-0.3, -0.25) is 4.79 Å². The second kappa shape index (κ2) is 8.96. The molecule has 1 unspecified atom stereocenters. The highest BCUT2D eigenvalue weighted by atomic mass is 16.5. The molecule has 2 aromatic carbocycles. The number of aryl methyl sites for hydroxylation is 1. The Morgan fingerprint density at radius 2 is 1.96 bits per heavy atom. The smallest absolute Gasteiger partial charge is 0.220 e. The molecule has 23 heavy (non-hydrogen) atoms. The first-order chi connectivity index (χ1) is 11.2. The van der Waals surface area contributed by atoms with Crippen LogP contribution in [0.25, 0.3) is 0 Å². The van der Waals surface area contributed by atoms with Crippen LogP contribution >= 0.6 is 0 Å². The molecular formula is C19H23NO3. The van der Waals surface area contributed by atoms with E-state index < -0.39 is 0 Å². The highest BCUT2D eigenvalue weighted by Gasteiger charge is 2.13. The third-order valence-corrected chi connectivity index (χ3v) is 3.73. The lowest BCUT2D eigenvalue weighted by Crippen LogP contribution is -2.29. The number of amides is 1. The standard InChI is InChI=1S/C19H23NO3/c1-23-17-9-5-6-15(14-17)10-11-19(22)20-18(12-13-21)16-7-3-2-4-8-16/h2-9,14,18,21H,10-13H2,1H3,(H,20,22). The molecule has 1 atom stereocenters. The van der Waals surface area contributed by atoms with Crippen LogP contribution in [0.2, 0.25) is 0 Å². The summed E-state index contributed by atoms with van der Waals surface area (Å²) in [5.74, 6) is 0.778. The molecule has 0 fully saturated rings. The number of nitrogens with one attached hydrogen (secondary N) is 1. The third-order valence-electron chi connectivity index (χ3n) is 3.73. The molecule has 4 nitrogen and oxygen atoms in total. The minimum Gasteiger partial charge on any atom is -0.497 e. The Kier molecular flexibility index (Phi) is 6.63. The molecule has 0 aliphatic rings. The van der Waals surface area contributed by atoms with Gasteiger partial charge in [0.05, 0.1) is 13.2 Å². The number of aliphatic hydroxyl groups excluding tert-OH is 1. The van der Waals surface area contributed by atoms with Crippen molar-refractivity contribution in [1.82, 2.24) is 5.32 Å². The quantitative estimate of drug-likeness (QED) is 0.788. The number of methoxy groups -OCH3 is 1. The van der Waals surface area contributed by atoms with E-state index in [0.29, 0.717) is 19.3 Å². The number of aliphatic hydroxyl groups is 1. The van der Waals surface area contributed by atoms with Crippen LogP contribution in [0.15, 0.2) is 54.6 Å². The van der Waals surface area contributed by atoms with Gasteiger partial charge in [-0.05, 0) is 36.1 Å². The Morgan fingerprint density at radius 1 is 1.17 bits per heavy atom. The van der Waals surface area contributed by atoms with Gasteiger partial charge in [-0.25, -0.2) is 0 Å². The van der Waals surface area contributed by atoms with Crippen molar-refractivity contribution in [3.8, 4) is 5.75 Å². The predicted molar refractivity (Wildman–Crippen MR) is 90.3 cm³/mol. The van der Waals surface area contributed by atoms with Gasteiger partial charge in [-0.1, -0.05) is 42.5 Å². The third kappa shape index (κ3) is 5.42. The van der Waals surface area contributed by atoms with Gasteiger partial charge in [0.1, 0.15) is 5.75 Å². The van der Waals surface area contributed by atoms with Gasteiger partial charge in [0.15, 0.2) is 0 Å². The summed E-state index contributed by atoms with van der Waals surface area (Å²) in [6.45, 7) is 0.0374. The predicted octanol–water partition coefficient (Wildman–Crippen LogP) is 2.87. The van der Waals surface area contributed by atoms with Gasteiger partial charge in [0.25, 0.3) is 0 Å². The summed E-state index contributed by atoms with van der Waals surface area (Å²) in [5.41, 5.74) is 2.08. The molecule has 4 heteroatoms. The fourth-order valence-corrected chi connectivity index (χ4v) is 2.49. The first-order valence-electron chi connectivity index (χ1n) is 7.81. The van der Waals surface area contributed by atoms with Crippen LogP contribution in [-0.2, 0) is 11.2 Å². The van der Waals surface area contributed by atoms with Crippen LogP contribution in [0.3, 0.4) is 0 Å². The van der Waals surface area contributed by atoms with E-state index in [1.165, 1.54) is 0 Å². The summed E-state index contributed by atoms with van der Waals surface area (Å²) in [6.07, 6.45) is 1.57. The van der Waals surface area contributed by atoms with Gasteiger partial charge in [0.2, 0.25) is 5.91 Å². The fourth-order valence-electron chi connectivity index (χ4n) is 2.49. The Morgan fingerprint density at radius 3 is 2.65 bits per heavy atom. The van der Waals surface area contributed by atoms with Gasteiger partial charge in [-0.2, -0.15) is 0 Å². The lowest BCUT2D eigenvalue weighted by atomic mass is 10.0. The molecular weight excluding hydrogens is 290 g/mol. The van der Waals surface area contributed by atoms with E-state index in [1.54, 1.807) is 7.11 Å². The largest absolute Gasteiger partial charge is 0.497 e. The highest BCUT2D eigenvalue weighted by Crippen LogP contribution is 2.17. The molecule has 0 heterocycles. The minimum absolute atomic E-state index is 0.0184. The number of carbonyl (C=O) groups is 1. The Labute approximate surface area is 137 Å². The molecule has 2 N–H and O–H groups in total. The van der Waals surface area contributed by atoms with Crippen LogP contribution in [0.5, 0.6) is 5.75 Å². The molecule has 1 amide bonds. The molecule has 0 bridgehead atoms. The maximum atomic E-state index is 12.2. The molecule has 0 saturated heterocycles. The lowest BCUT2D eigenvalue weighted by molar-refractivity contribution is -0.121. The molecule has 0 radical (unpaired) electrons. The number of ether oxygens (including phenoxy) is 1. The van der Waals surface area contributed by atoms with Gasteiger partial charge in [0, 0.05) is 13.0 Å². The fraction of sp³-hybridized carbons (Fsp3) is 0.316. The molecule has 0 aliphatic heterocycles. The van der Waals surface area contributed by atoms with Gasteiger partial charge >= 0.3 is 0 Å². The number of hydrogen-bond acceptors (Lipinski definition) is 3. The summed E-state index contributed by atoms with van der Waals surface area (Å²) in [7, 11) is 1.63. The first kappa shape index (κ1) is 17.0. The maximum absolute atomic E-state index is 12.2. The van der Waals surface area contributed by atoms with Gasteiger partial charge in [-0.15, -0.1) is 0 Å². The van der Waals surface area contributed by atoms with Crippen LogP contribution in [-0.4, -0.2) is 24.7 Å². The van der Waals surface area contributed by atoms with Crippen LogP contribution in [0.4, 0.5) is 0 Å². The van der Waals surface area contributed by atoms with Crippen LogP contribution in [0.1, 0.15) is 30.0 Å². The van der Waals surface area contributed by atoms with Crippen molar-refractivity contribution in [1.29, 1.82) is 0 Å². The zero-order valence-electron chi connectivity index (χ0n) is 13.4. The molecule has 0 aromatic heterocycles. The first-order valence-corrected chi connectivity index (χ1v) is 7.81. The number of rotatable bonds is 8. The van der Waals surface area contributed by atoms with E-state index >= 15 is 0 Å². The molecule has 0 saturated carbocycles. The summed E-state index contributed by atoms with van der Waals surface area (Å²) >= 11 is 0. The van der Waals surface area contributed by atoms with Crippen molar-refractivity contribution >= 4 is 5.91 Å². The van der Waals surface area contributed by atoms with E-state index in [2.05, 4.69) is 5.32 Å². The normalized spacial score (nSPS) is 11.7. The second-order valence-electron chi connectivity index (χ2n) is 5.39. The Balaban J connectivity index is 1.91. The van der Waals surface area contributed by atoms with Crippen molar-refractivity contribution in [2.75, 3.05) is 13.7 Å². The van der Waals surface area contributed by atoms with E-state index in [1.807, 2.05) is 54.6 Å². The van der Waals surface area contributed by atoms with Crippen molar-refractivity contribution < 1.29 is 14.6 Å². The maximum Gasteiger partial charge on any atom is 0.220 e. The van der Waals surface area contributed by atoms with E-state index in [0.717, 1.165) is 16.9 Å². The molecule has 122 valence electrons. The minimum atomic E-state index is -0.154. The van der Waals surface area contributed by atoms with Crippen molar-refractivity contribution in [3.63, 3.8) is 0 Å². The summed E-state index contributed by atoms with van der Waals surface area (Å²) < 4.78 is 5.19. The molecule has 0 spiro atoms. The number of benzene rings is 2. The van der Waals surface area contributed by atoms with Crippen LogP contribution in [0, 0.1) is 0 Å². The Hall–Kier alpha value is -2.33. The van der Waals surface area contributed by atoms with E-state index in [-0.39, 0.29) is 18.6 Å². The average Bonchev–Trinajstić information content (AvgIpc) is 2.60. The highest BCUT2D eigenvalue weighted by molar-refractivity contribution is 5.76. The second-order valence-corrected chi connectivity index (χ2v) is 5.39. The summed E-state index contributed by atoms with van der Waals surface area (Å²) in [5, 5.41) is 12.2. The van der Waals surface area contributed by atoms with Crippen molar-refractivity contribution in [3.05, 3.63) is 65.7 Å². The van der Waals surface area contributed by atoms with E-state index in [4.69, 9.17) is 4.74 Å². The zero-order chi connectivity index (χ0) is 16.5. The SMILES string of the molecule is COc1cccc(CCC(=O)NC(CCO)c2ccccc2)c1. The van der Waals surface area contributed by atoms with Crippen molar-refractivity contribution in [2.45, 2.75) is 25.3 Å². The van der Waals surface area contributed by atoms with Crippen molar-refractivity contribution in [2.24, 2.45) is 0 Å². The van der Waals surface area contributed by atoms with E-state index in [9.17, 15) is 9.90 Å².